The fourth-order valence-electron chi connectivity index (χ4n) is 2.52. The molecule has 5 heteroatoms. The van der Waals surface area contributed by atoms with E-state index in [2.05, 4.69) is 21.2 Å². The Morgan fingerprint density at radius 1 is 1.17 bits per heavy atom. The maximum absolute atomic E-state index is 12.5. The van der Waals surface area contributed by atoms with Crippen molar-refractivity contribution in [3.63, 3.8) is 0 Å². The Labute approximate surface area is 143 Å². The predicted molar refractivity (Wildman–Crippen MR) is 96.0 cm³/mol. The van der Waals surface area contributed by atoms with E-state index in [9.17, 15) is 4.79 Å². The lowest BCUT2D eigenvalue weighted by molar-refractivity contribution is -0.118. The largest absolute Gasteiger partial charge is 0.497 e. The van der Waals surface area contributed by atoms with Gasteiger partial charge in [0.1, 0.15) is 11.8 Å². The molecule has 1 heterocycles. The van der Waals surface area contributed by atoms with E-state index < -0.39 is 0 Å². The van der Waals surface area contributed by atoms with E-state index in [0.29, 0.717) is 0 Å². The van der Waals surface area contributed by atoms with Crippen LogP contribution in [0.15, 0.2) is 59.2 Å². The van der Waals surface area contributed by atoms with E-state index in [-0.39, 0.29) is 11.9 Å². The van der Waals surface area contributed by atoms with E-state index in [0.717, 1.165) is 26.8 Å². The molecule has 0 fully saturated rings. The average molecular weight is 373 g/mol. The molecule has 118 valence electrons. The highest BCUT2D eigenvalue weighted by atomic mass is 79.9. The molecule has 0 saturated carbocycles. The maximum atomic E-state index is 12.5. The molecule has 0 spiro atoms. The Bertz CT molecular complexity index is 840. The second-order valence-electron chi connectivity index (χ2n) is 5.32. The van der Waals surface area contributed by atoms with Crippen LogP contribution in [0.3, 0.4) is 0 Å². The molecule has 1 amide bonds. The number of nitrogens with one attached hydrogen (secondary N) is 1. The van der Waals surface area contributed by atoms with Crippen LogP contribution in [-0.4, -0.2) is 17.6 Å². The number of carbonyl (C=O) groups excluding carboxylic acids is 1. The van der Waals surface area contributed by atoms with Crippen LogP contribution in [0.5, 0.6) is 5.75 Å². The lowest BCUT2D eigenvalue weighted by Crippen LogP contribution is -2.23. The molecule has 1 unspecified atom stereocenters. The van der Waals surface area contributed by atoms with Gasteiger partial charge in [0.2, 0.25) is 5.91 Å². The summed E-state index contributed by atoms with van der Waals surface area (Å²) in [5.74, 6) is 0.702. The highest BCUT2D eigenvalue weighted by Gasteiger charge is 2.16. The number of hydrogen-bond acceptors (Lipinski definition) is 2. The maximum Gasteiger partial charge on any atom is 0.247 e. The zero-order valence-corrected chi connectivity index (χ0v) is 14.5. The van der Waals surface area contributed by atoms with Gasteiger partial charge in [0.15, 0.2) is 0 Å². The minimum atomic E-state index is -0.309. The highest BCUT2D eigenvalue weighted by molar-refractivity contribution is 9.10. The Hall–Kier alpha value is -2.27. The summed E-state index contributed by atoms with van der Waals surface area (Å²) in [5, 5.41) is 4.03. The van der Waals surface area contributed by atoms with Crippen LogP contribution in [0.25, 0.3) is 10.9 Å². The van der Waals surface area contributed by atoms with E-state index in [1.165, 1.54) is 0 Å². The lowest BCUT2D eigenvalue weighted by Gasteiger charge is -2.15. The second kappa shape index (κ2) is 6.46. The van der Waals surface area contributed by atoms with Crippen molar-refractivity contribution in [3.05, 3.63) is 59.2 Å². The first-order valence-corrected chi connectivity index (χ1v) is 8.09. The van der Waals surface area contributed by atoms with E-state index in [1.54, 1.807) is 7.11 Å². The molecule has 0 bridgehead atoms. The van der Waals surface area contributed by atoms with Crippen molar-refractivity contribution in [2.75, 3.05) is 12.4 Å². The molecule has 3 rings (SSSR count). The quantitative estimate of drug-likeness (QED) is 0.726. The summed E-state index contributed by atoms with van der Waals surface area (Å²) in [6.07, 6.45) is 1.94. The molecule has 0 aliphatic carbocycles. The van der Waals surface area contributed by atoms with Gasteiger partial charge in [-0.25, -0.2) is 0 Å². The summed E-state index contributed by atoms with van der Waals surface area (Å²) in [6, 6.07) is 15.0. The number of fused-ring (bicyclic) bond motifs is 1. The molecule has 0 radical (unpaired) electrons. The summed E-state index contributed by atoms with van der Waals surface area (Å²) < 4.78 is 8.12. The normalized spacial score (nSPS) is 12.1. The molecule has 4 nitrogen and oxygen atoms in total. The summed E-state index contributed by atoms with van der Waals surface area (Å²) in [5.41, 5.74) is 1.78. The Kier molecular flexibility index (Phi) is 4.39. The van der Waals surface area contributed by atoms with Crippen molar-refractivity contribution in [3.8, 4) is 5.75 Å². The van der Waals surface area contributed by atoms with Crippen LogP contribution in [-0.2, 0) is 4.79 Å². The van der Waals surface area contributed by atoms with Gasteiger partial charge in [0.05, 0.1) is 7.11 Å². The van der Waals surface area contributed by atoms with Crippen LogP contribution in [0, 0.1) is 0 Å². The summed E-state index contributed by atoms with van der Waals surface area (Å²) in [7, 11) is 1.62. The summed E-state index contributed by atoms with van der Waals surface area (Å²) in [4.78, 5) is 12.5. The fraction of sp³-hybridized carbons (Fsp3) is 0.167. The Morgan fingerprint density at radius 3 is 2.61 bits per heavy atom. The molecule has 0 aliphatic heterocycles. The number of rotatable bonds is 4. The fourth-order valence-corrected chi connectivity index (χ4v) is 2.90. The van der Waals surface area contributed by atoms with Crippen LogP contribution >= 0.6 is 15.9 Å². The second-order valence-corrected chi connectivity index (χ2v) is 6.24. The van der Waals surface area contributed by atoms with Crippen molar-refractivity contribution in [2.24, 2.45) is 0 Å². The molecule has 2 aromatic carbocycles. The molecule has 1 N–H and O–H groups in total. The molecule has 0 saturated heterocycles. The molecule has 1 atom stereocenters. The summed E-state index contributed by atoms with van der Waals surface area (Å²) in [6.45, 7) is 1.89. The third-order valence-corrected chi connectivity index (χ3v) is 4.33. The van der Waals surface area contributed by atoms with Crippen molar-refractivity contribution >= 4 is 38.4 Å². The number of nitrogens with zero attached hydrogens (tertiary/aromatic N) is 1. The van der Waals surface area contributed by atoms with Gasteiger partial charge in [-0.05, 0) is 55.5 Å². The number of aromatic nitrogens is 1. The zero-order valence-electron chi connectivity index (χ0n) is 12.9. The van der Waals surface area contributed by atoms with Crippen LogP contribution in [0.1, 0.15) is 13.0 Å². The van der Waals surface area contributed by atoms with Gasteiger partial charge in [-0.15, -0.1) is 0 Å². The smallest absolute Gasteiger partial charge is 0.247 e. The van der Waals surface area contributed by atoms with Crippen LogP contribution in [0.2, 0.25) is 0 Å². The predicted octanol–water partition coefficient (Wildman–Crippen LogP) is 4.61. The van der Waals surface area contributed by atoms with Gasteiger partial charge in [-0.2, -0.15) is 0 Å². The number of methoxy groups -OCH3 is 1. The lowest BCUT2D eigenvalue weighted by atomic mass is 10.2. The van der Waals surface area contributed by atoms with E-state index in [1.807, 2.05) is 66.2 Å². The molecule has 3 aromatic rings. The number of hydrogen-bond donors (Lipinski definition) is 1. The third-order valence-electron chi connectivity index (χ3n) is 3.84. The van der Waals surface area contributed by atoms with Gasteiger partial charge in [-0.3, -0.25) is 4.79 Å². The summed E-state index contributed by atoms with van der Waals surface area (Å²) >= 11 is 3.46. The molecule has 0 aliphatic rings. The van der Waals surface area contributed by atoms with Crippen LogP contribution in [0.4, 0.5) is 5.69 Å². The number of halogens is 1. The topological polar surface area (TPSA) is 43.3 Å². The van der Waals surface area contributed by atoms with Crippen molar-refractivity contribution in [2.45, 2.75) is 13.0 Å². The molecular formula is C18H17BrN2O2. The number of amides is 1. The third kappa shape index (κ3) is 3.24. The standard InChI is InChI=1S/C18H17BrN2O2/c1-12(18(22)20-15-4-6-16(23-2)7-5-15)21-10-9-13-11-14(19)3-8-17(13)21/h3-12H,1-2H3,(H,20,22). The molecular weight excluding hydrogens is 356 g/mol. The molecule has 1 aromatic heterocycles. The van der Waals surface area contributed by atoms with Crippen molar-refractivity contribution < 1.29 is 9.53 Å². The van der Waals surface area contributed by atoms with E-state index in [4.69, 9.17) is 4.74 Å². The zero-order chi connectivity index (χ0) is 16.4. The number of anilines is 1. The number of benzene rings is 2. The highest BCUT2D eigenvalue weighted by Crippen LogP contribution is 2.24. The van der Waals surface area contributed by atoms with Gasteiger partial charge >= 0.3 is 0 Å². The van der Waals surface area contributed by atoms with E-state index >= 15 is 0 Å². The number of carbonyl (C=O) groups is 1. The monoisotopic (exact) mass is 372 g/mol. The molecule has 23 heavy (non-hydrogen) atoms. The van der Waals surface area contributed by atoms with Gasteiger partial charge in [0, 0.05) is 27.3 Å². The first-order chi connectivity index (χ1) is 11.1. The minimum Gasteiger partial charge on any atom is -0.497 e. The first-order valence-electron chi connectivity index (χ1n) is 7.29. The first kappa shape index (κ1) is 15.6. The van der Waals surface area contributed by atoms with Crippen LogP contribution < -0.4 is 10.1 Å². The van der Waals surface area contributed by atoms with Gasteiger partial charge < -0.3 is 14.6 Å². The minimum absolute atomic E-state index is 0.0596. The van der Waals surface area contributed by atoms with Crippen molar-refractivity contribution in [1.29, 1.82) is 0 Å². The Balaban J connectivity index is 1.80. The SMILES string of the molecule is COc1ccc(NC(=O)C(C)n2ccc3cc(Br)ccc32)cc1. The number of ether oxygens (including phenoxy) is 1. The van der Waals surface area contributed by atoms with Gasteiger partial charge in [0.25, 0.3) is 0 Å². The average Bonchev–Trinajstić information content (AvgIpc) is 2.97. The Morgan fingerprint density at radius 2 is 1.91 bits per heavy atom. The van der Waals surface area contributed by atoms with Crippen molar-refractivity contribution in [1.82, 2.24) is 4.57 Å². The van der Waals surface area contributed by atoms with Gasteiger partial charge in [-0.1, -0.05) is 15.9 Å².